The van der Waals surface area contributed by atoms with E-state index in [9.17, 15) is 9.59 Å². The minimum absolute atomic E-state index is 0.109. The molecule has 8 heteroatoms. The lowest BCUT2D eigenvalue weighted by Crippen LogP contribution is -2.27. The second-order valence-electron chi connectivity index (χ2n) is 6.76. The molecule has 0 aliphatic carbocycles. The van der Waals surface area contributed by atoms with Crippen molar-refractivity contribution < 1.29 is 14.0 Å². The zero-order chi connectivity index (χ0) is 21.3. The average molecular weight is 427 g/mol. The van der Waals surface area contributed by atoms with Crippen molar-refractivity contribution >= 4 is 28.3 Å². The van der Waals surface area contributed by atoms with Crippen LogP contribution in [0.15, 0.2) is 52.5 Å². The molecule has 3 aromatic rings. The summed E-state index contributed by atoms with van der Waals surface area (Å²) in [6, 6.07) is 11.4. The number of furan rings is 1. The van der Waals surface area contributed by atoms with Crippen molar-refractivity contribution in [2.75, 3.05) is 18.4 Å². The fourth-order valence-corrected chi connectivity index (χ4v) is 3.71. The molecule has 2 N–H and O–H groups in total. The Morgan fingerprint density at radius 1 is 1.10 bits per heavy atom. The maximum absolute atomic E-state index is 12.4. The number of anilines is 1. The molecule has 0 radical (unpaired) electrons. The van der Waals surface area contributed by atoms with Gasteiger partial charge in [0.15, 0.2) is 10.9 Å². The zero-order valence-corrected chi connectivity index (χ0v) is 18.0. The van der Waals surface area contributed by atoms with E-state index in [1.54, 1.807) is 17.5 Å². The summed E-state index contributed by atoms with van der Waals surface area (Å²) in [5.74, 6) is -0.259. The van der Waals surface area contributed by atoms with Gasteiger partial charge in [0.05, 0.1) is 18.4 Å². The molecule has 7 nitrogen and oxygen atoms in total. The molecule has 3 rings (SSSR count). The lowest BCUT2D eigenvalue weighted by molar-refractivity contribution is -0.120. The van der Waals surface area contributed by atoms with Gasteiger partial charge in [0.25, 0.3) is 5.91 Å². The Morgan fingerprint density at radius 2 is 1.87 bits per heavy atom. The third-order valence-electron chi connectivity index (χ3n) is 4.74. The molecule has 0 fully saturated rings. The fourth-order valence-electron chi connectivity index (χ4n) is 3.01. The molecule has 0 saturated heterocycles. The number of carbonyl (C=O) groups is 2. The number of rotatable bonds is 10. The van der Waals surface area contributed by atoms with E-state index in [0.29, 0.717) is 17.4 Å². The van der Waals surface area contributed by atoms with Crippen molar-refractivity contribution in [3.8, 4) is 0 Å². The van der Waals surface area contributed by atoms with Crippen LogP contribution in [0.25, 0.3) is 0 Å². The normalized spacial score (nSPS) is 10.9. The van der Waals surface area contributed by atoms with Gasteiger partial charge in [-0.05, 0) is 36.3 Å². The second kappa shape index (κ2) is 10.7. The van der Waals surface area contributed by atoms with Crippen molar-refractivity contribution in [3.05, 3.63) is 70.6 Å². The highest BCUT2D eigenvalue weighted by molar-refractivity contribution is 7.14. The van der Waals surface area contributed by atoms with Crippen molar-refractivity contribution in [2.45, 2.75) is 33.4 Å². The third kappa shape index (κ3) is 6.01. The Balaban J connectivity index is 1.52. The van der Waals surface area contributed by atoms with E-state index >= 15 is 0 Å². The van der Waals surface area contributed by atoms with Crippen LogP contribution in [0.4, 0.5) is 5.13 Å². The van der Waals surface area contributed by atoms with Gasteiger partial charge in [0.2, 0.25) is 5.91 Å². The fraction of sp³-hybridized carbons (Fsp3) is 0.318. The Kier molecular flexibility index (Phi) is 7.75. The van der Waals surface area contributed by atoms with E-state index in [1.807, 2.05) is 18.2 Å². The van der Waals surface area contributed by atoms with Gasteiger partial charge < -0.3 is 9.73 Å². The van der Waals surface area contributed by atoms with Crippen molar-refractivity contribution in [1.82, 2.24) is 15.2 Å². The van der Waals surface area contributed by atoms with Crippen LogP contribution < -0.4 is 10.6 Å². The smallest absolute Gasteiger partial charge is 0.293 e. The van der Waals surface area contributed by atoms with Gasteiger partial charge in [-0.1, -0.05) is 38.1 Å². The van der Waals surface area contributed by atoms with Crippen LogP contribution >= 0.6 is 11.3 Å². The number of nitrogens with one attached hydrogen (secondary N) is 2. The van der Waals surface area contributed by atoms with Gasteiger partial charge in [0, 0.05) is 18.5 Å². The first kappa shape index (κ1) is 21.7. The second-order valence-corrected chi connectivity index (χ2v) is 7.62. The van der Waals surface area contributed by atoms with Gasteiger partial charge in [-0.15, -0.1) is 11.3 Å². The van der Waals surface area contributed by atoms with Crippen molar-refractivity contribution in [2.24, 2.45) is 0 Å². The van der Waals surface area contributed by atoms with E-state index in [4.69, 9.17) is 4.42 Å². The summed E-state index contributed by atoms with van der Waals surface area (Å²) in [4.78, 5) is 31.0. The molecular weight excluding hydrogens is 400 g/mol. The number of aromatic nitrogens is 1. The first-order valence-electron chi connectivity index (χ1n) is 9.94. The van der Waals surface area contributed by atoms with E-state index in [-0.39, 0.29) is 24.0 Å². The Labute approximate surface area is 180 Å². The van der Waals surface area contributed by atoms with Gasteiger partial charge in [-0.25, -0.2) is 4.98 Å². The molecule has 0 bridgehead atoms. The summed E-state index contributed by atoms with van der Waals surface area (Å²) in [6.45, 7) is 7.60. The molecule has 0 spiro atoms. The quantitative estimate of drug-likeness (QED) is 0.516. The molecular formula is C22H26N4O3S. The molecule has 0 saturated carbocycles. The highest BCUT2D eigenvalue weighted by Gasteiger charge is 2.13. The first-order chi connectivity index (χ1) is 14.6. The Hall–Kier alpha value is -2.97. The Bertz CT molecular complexity index is 964. The van der Waals surface area contributed by atoms with E-state index in [2.05, 4.69) is 40.4 Å². The maximum atomic E-state index is 12.4. The molecule has 30 heavy (non-hydrogen) atoms. The molecule has 2 heterocycles. The van der Waals surface area contributed by atoms with Gasteiger partial charge >= 0.3 is 0 Å². The van der Waals surface area contributed by atoms with Crippen LogP contribution in [-0.4, -0.2) is 34.8 Å². The number of carbonyl (C=O) groups excluding carboxylic acids is 2. The molecule has 1 aromatic carbocycles. The van der Waals surface area contributed by atoms with E-state index in [0.717, 1.165) is 25.2 Å². The van der Waals surface area contributed by atoms with E-state index < -0.39 is 0 Å². The van der Waals surface area contributed by atoms with Crippen molar-refractivity contribution in [1.29, 1.82) is 0 Å². The highest BCUT2D eigenvalue weighted by Crippen LogP contribution is 2.17. The number of amides is 2. The minimum atomic E-state index is -0.366. The van der Waals surface area contributed by atoms with Crippen LogP contribution in [0, 0.1) is 0 Å². The van der Waals surface area contributed by atoms with Crippen LogP contribution in [-0.2, 0) is 24.3 Å². The standard InChI is InChI=1S/C22H26N4O3S/c1-3-26(4-2)14-17-9-6-5-8-16(17)13-23-20(27)12-18-15-30-22(24-18)25-21(28)19-10-7-11-29-19/h5-11,15H,3-4,12-14H2,1-2H3,(H,23,27)(H,24,25,28). The number of nitrogens with zero attached hydrogens (tertiary/aromatic N) is 2. The van der Waals surface area contributed by atoms with Crippen molar-refractivity contribution in [3.63, 3.8) is 0 Å². The largest absolute Gasteiger partial charge is 0.459 e. The zero-order valence-electron chi connectivity index (χ0n) is 17.2. The molecule has 0 aliphatic rings. The highest BCUT2D eigenvalue weighted by atomic mass is 32.1. The molecule has 158 valence electrons. The monoisotopic (exact) mass is 426 g/mol. The summed E-state index contributed by atoms with van der Waals surface area (Å²) in [5, 5.41) is 7.85. The van der Waals surface area contributed by atoms with Crippen LogP contribution in [0.3, 0.4) is 0 Å². The summed E-state index contributed by atoms with van der Waals surface area (Å²) < 4.78 is 5.06. The van der Waals surface area contributed by atoms with E-state index in [1.165, 1.54) is 23.2 Å². The van der Waals surface area contributed by atoms with Gasteiger partial charge in [0.1, 0.15) is 0 Å². The predicted octanol–water partition coefficient (Wildman–Crippen LogP) is 3.69. The summed E-state index contributed by atoms with van der Waals surface area (Å²) in [6.07, 6.45) is 1.60. The maximum Gasteiger partial charge on any atom is 0.293 e. The SMILES string of the molecule is CCN(CC)Cc1ccccc1CNC(=O)Cc1csc(NC(=O)c2ccco2)n1. The lowest BCUT2D eigenvalue weighted by Gasteiger charge is -2.20. The molecule has 0 atom stereocenters. The van der Waals surface area contributed by atoms with Gasteiger partial charge in [-0.2, -0.15) is 0 Å². The average Bonchev–Trinajstić information content (AvgIpc) is 3.43. The predicted molar refractivity (Wildman–Crippen MR) is 117 cm³/mol. The Morgan fingerprint density at radius 3 is 2.57 bits per heavy atom. The molecule has 0 unspecified atom stereocenters. The van der Waals surface area contributed by atoms with Crippen LogP contribution in [0.5, 0.6) is 0 Å². The van der Waals surface area contributed by atoms with Crippen LogP contribution in [0.1, 0.15) is 41.2 Å². The number of hydrogen-bond donors (Lipinski definition) is 2. The lowest BCUT2D eigenvalue weighted by atomic mass is 10.1. The third-order valence-corrected chi connectivity index (χ3v) is 5.55. The molecule has 2 amide bonds. The molecule has 2 aromatic heterocycles. The van der Waals surface area contributed by atoms with Crippen LogP contribution in [0.2, 0.25) is 0 Å². The number of thiazole rings is 1. The first-order valence-corrected chi connectivity index (χ1v) is 10.8. The summed E-state index contributed by atoms with van der Waals surface area (Å²) in [7, 11) is 0. The summed E-state index contributed by atoms with van der Waals surface area (Å²) in [5.41, 5.74) is 2.95. The number of benzene rings is 1. The summed E-state index contributed by atoms with van der Waals surface area (Å²) >= 11 is 1.28. The minimum Gasteiger partial charge on any atom is -0.459 e. The molecule has 0 aliphatic heterocycles. The topological polar surface area (TPSA) is 87.5 Å². The number of hydrogen-bond acceptors (Lipinski definition) is 6. The van der Waals surface area contributed by atoms with Gasteiger partial charge in [-0.3, -0.25) is 19.8 Å².